The van der Waals surface area contributed by atoms with Crippen molar-refractivity contribution < 1.29 is 36.5 Å². The highest BCUT2D eigenvalue weighted by atomic mass is 79.9. The van der Waals surface area contributed by atoms with Crippen molar-refractivity contribution in [3.05, 3.63) is 24.3 Å². The lowest BCUT2D eigenvalue weighted by Gasteiger charge is -2.12. The van der Waals surface area contributed by atoms with Gasteiger partial charge in [-0.3, -0.25) is 4.57 Å². The first-order valence-electron chi connectivity index (χ1n) is 7.59. The first kappa shape index (κ1) is 18.8. The number of fused-ring (bicyclic) bond motifs is 1. The van der Waals surface area contributed by atoms with E-state index >= 15 is 0 Å². The third-order valence-electron chi connectivity index (χ3n) is 4.03. The van der Waals surface area contributed by atoms with Crippen LogP contribution in [0.25, 0.3) is 11.2 Å². The zero-order valence-corrected chi connectivity index (χ0v) is 15.2. The number of aliphatic hydroxyl groups is 2. The molecule has 0 radical (unpaired) electrons. The van der Waals surface area contributed by atoms with Gasteiger partial charge < -0.3 is 37.7 Å². The van der Waals surface area contributed by atoms with Crippen LogP contribution in [0.2, 0.25) is 0 Å². The molecule has 1 saturated heterocycles. The van der Waals surface area contributed by atoms with E-state index in [0.717, 1.165) is 0 Å². The summed E-state index contributed by atoms with van der Waals surface area (Å²) in [6.07, 6.45) is 4.02. The average molecular weight is 400 g/mol. The first-order chi connectivity index (χ1) is 11.0. The summed E-state index contributed by atoms with van der Waals surface area (Å²) >= 11 is 0. The van der Waals surface area contributed by atoms with Crippen LogP contribution in [-0.4, -0.2) is 43.6 Å². The van der Waals surface area contributed by atoms with Gasteiger partial charge in [-0.1, -0.05) is 16.6 Å². The van der Waals surface area contributed by atoms with E-state index in [1.54, 1.807) is 17.2 Å². The number of halogens is 1. The summed E-state index contributed by atoms with van der Waals surface area (Å²) in [4.78, 5) is 8.77. The highest BCUT2D eigenvalue weighted by Gasteiger charge is 2.36. The van der Waals surface area contributed by atoms with Crippen molar-refractivity contribution in [3.63, 3.8) is 0 Å². The predicted molar refractivity (Wildman–Crippen MR) is 83.2 cm³/mol. The molecule has 9 heteroatoms. The highest BCUT2D eigenvalue weighted by molar-refractivity contribution is 5.79. The lowest BCUT2D eigenvalue weighted by Crippen LogP contribution is -3.00. The Morgan fingerprint density at radius 1 is 1.50 bits per heavy atom. The van der Waals surface area contributed by atoms with Crippen LogP contribution in [0, 0.1) is 0 Å². The Labute approximate surface area is 150 Å². The second-order valence-corrected chi connectivity index (χ2v) is 6.00. The van der Waals surface area contributed by atoms with Gasteiger partial charge in [-0.05, 0) is 13.8 Å². The summed E-state index contributed by atoms with van der Waals surface area (Å²) in [5.74, 6) is 0.531. The second kappa shape index (κ2) is 7.56. The third-order valence-corrected chi connectivity index (χ3v) is 4.03. The molecule has 1 fully saturated rings. The van der Waals surface area contributed by atoms with Crippen LogP contribution >= 0.6 is 0 Å². The minimum atomic E-state index is -0.703. The van der Waals surface area contributed by atoms with Gasteiger partial charge in [0.1, 0.15) is 18.7 Å². The molecular weight excluding hydrogens is 378 g/mol. The van der Waals surface area contributed by atoms with Crippen LogP contribution in [0.1, 0.15) is 26.5 Å². The van der Waals surface area contributed by atoms with Gasteiger partial charge in [0.05, 0.1) is 19.3 Å². The Hall–Kier alpha value is -1.55. The van der Waals surface area contributed by atoms with Gasteiger partial charge in [-0.25, -0.2) is 9.55 Å². The van der Waals surface area contributed by atoms with Gasteiger partial charge in [0.2, 0.25) is 12.0 Å². The minimum Gasteiger partial charge on any atom is -1.00 e. The largest absolute Gasteiger partial charge is 1.00 e. The van der Waals surface area contributed by atoms with E-state index < -0.39 is 18.4 Å². The van der Waals surface area contributed by atoms with E-state index in [1.807, 2.05) is 18.4 Å². The number of nitrogens with zero attached hydrogens (tertiary/aromatic N) is 4. The number of hydrogen-bond donors (Lipinski definition) is 3. The number of aliphatic hydroxyl groups excluding tert-OH is 2. The van der Waals surface area contributed by atoms with E-state index in [4.69, 9.17) is 10.5 Å². The molecule has 0 unspecified atom stereocenters. The molecule has 1 aliphatic heterocycles. The molecule has 2 aromatic rings. The lowest BCUT2D eigenvalue weighted by atomic mass is 10.2. The molecule has 2 aromatic heterocycles. The third kappa shape index (κ3) is 3.44. The molecule has 0 aromatic carbocycles. The maximum absolute atomic E-state index is 9.88. The van der Waals surface area contributed by atoms with E-state index in [-0.39, 0.29) is 23.6 Å². The summed E-state index contributed by atoms with van der Waals surface area (Å²) in [7, 11) is 0. The van der Waals surface area contributed by atoms with E-state index in [0.29, 0.717) is 29.9 Å². The van der Waals surface area contributed by atoms with Crippen molar-refractivity contribution in [1.29, 1.82) is 0 Å². The molecule has 3 heterocycles. The van der Waals surface area contributed by atoms with Crippen LogP contribution < -0.4 is 27.3 Å². The average Bonchev–Trinajstić information content (AvgIpc) is 3.10. The van der Waals surface area contributed by atoms with E-state index in [9.17, 15) is 10.2 Å². The van der Waals surface area contributed by atoms with Crippen LogP contribution in [0.15, 0.2) is 24.3 Å². The standard InChI is InChI=1S/C15H21N5O3.BrH/c1-9(2)3-4-19-7-18-15-13(14(19)16)17-8-20(15)12-5-10(22)11(6-21)23-12;/h3,7-8,10-12,16,21-22H,4-6H2,1-2H3;1H/t10-,11+,12+;/m0./s1. The molecule has 0 saturated carbocycles. The molecule has 24 heavy (non-hydrogen) atoms. The maximum atomic E-state index is 9.88. The normalized spacial score (nSPS) is 23.2. The number of nitrogen functional groups attached to an aromatic ring is 1. The Bertz CT molecular complexity index is 744. The molecule has 132 valence electrons. The topological polar surface area (TPSA) is 110 Å². The van der Waals surface area contributed by atoms with E-state index in [1.165, 1.54) is 5.57 Å². The lowest BCUT2D eigenvalue weighted by molar-refractivity contribution is -0.674. The fourth-order valence-electron chi connectivity index (χ4n) is 2.67. The Kier molecular flexibility index (Phi) is 5.92. The Morgan fingerprint density at radius 2 is 2.25 bits per heavy atom. The van der Waals surface area contributed by atoms with Crippen molar-refractivity contribution in [3.8, 4) is 0 Å². The van der Waals surface area contributed by atoms with Gasteiger partial charge in [-0.15, -0.1) is 0 Å². The van der Waals surface area contributed by atoms with Gasteiger partial charge in [-0.2, -0.15) is 0 Å². The fourth-order valence-corrected chi connectivity index (χ4v) is 2.67. The smallest absolute Gasteiger partial charge is 0.251 e. The van der Waals surface area contributed by atoms with Crippen LogP contribution in [0.5, 0.6) is 0 Å². The quantitative estimate of drug-likeness (QED) is 0.371. The summed E-state index contributed by atoms with van der Waals surface area (Å²) < 4.78 is 9.22. The molecule has 3 atom stereocenters. The summed E-state index contributed by atoms with van der Waals surface area (Å²) in [5, 5.41) is 19.1. The first-order valence-corrected chi connectivity index (χ1v) is 7.59. The number of nitrogens with two attached hydrogens (primary N) is 1. The van der Waals surface area contributed by atoms with Crippen molar-refractivity contribution in [1.82, 2.24) is 14.5 Å². The van der Waals surface area contributed by atoms with Gasteiger partial charge >= 0.3 is 0 Å². The van der Waals surface area contributed by atoms with Gasteiger partial charge in [0.25, 0.3) is 5.82 Å². The number of ether oxygens (including phenoxy) is 1. The molecule has 0 bridgehead atoms. The van der Waals surface area contributed by atoms with E-state index in [2.05, 4.69) is 16.0 Å². The SMILES string of the molecule is CC(C)=CC[n+]1cnc2c(ncn2[C@H]2C[C@H](O)[C@@H](CO)O2)c1N.[Br-]. The van der Waals surface area contributed by atoms with Crippen LogP contribution in [-0.2, 0) is 11.3 Å². The summed E-state index contributed by atoms with van der Waals surface area (Å²) in [6, 6.07) is 0. The van der Waals surface area contributed by atoms with Gasteiger partial charge in [0.15, 0.2) is 5.52 Å². The number of imidazole rings is 1. The molecule has 4 N–H and O–H groups in total. The molecular formula is C15H22BrN5O3. The van der Waals surface area contributed by atoms with Crippen molar-refractivity contribution >= 4 is 17.0 Å². The number of anilines is 1. The predicted octanol–water partition coefficient (Wildman–Crippen LogP) is -3.09. The van der Waals surface area contributed by atoms with Crippen molar-refractivity contribution in [2.24, 2.45) is 0 Å². The monoisotopic (exact) mass is 399 g/mol. The van der Waals surface area contributed by atoms with Crippen LogP contribution in [0.4, 0.5) is 5.82 Å². The molecule has 8 nitrogen and oxygen atoms in total. The minimum absolute atomic E-state index is 0. The van der Waals surface area contributed by atoms with Crippen molar-refractivity contribution in [2.75, 3.05) is 12.3 Å². The second-order valence-electron chi connectivity index (χ2n) is 6.00. The number of hydrogen-bond acceptors (Lipinski definition) is 6. The number of aromatic nitrogens is 4. The molecule has 0 amide bonds. The molecule has 3 rings (SSSR count). The van der Waals surface area contributed by atoms with Gasteiger partial charge in [0, 0.05) is 6.42 Å². The molecule has 0 spiro atoms. The fraction of sp³-hybridized carbons (Fsp3) is 0.533. The molecule has 0 aliphatic carbocycles. The Morgan fingerprint density at radius 3 is 2.88 bits per heavy atom. The molecule has 1 aliphatic rings. The summed E-state index contributed by atoms with van der Waals surface area (Å²) in [6.45, 7) is 4.47. The van der Waals surface area contributed by atoms with Crippen LogP contribution in [0.3, 0.4) is 0 Å². The number of rotatable bonds is 4. The zero-order valence-electron chi connectivity index (χ0n) is 13.6. The van der Waals surface area contributed by atoms with Crippen molar-refractivity contribution in [2.45, 2.75) is 45.2 Å². The maximum Gasteiger partial charge on any atom is 0.251 e. The Balaban J connectivity index is 0.00000208. The highest BCUT2D eigenvalue weighted by Crippen LogP contribution is 2.30. The summed E-state index contributed by atoms with van der Waals surface area (Å²) in [5.41, 5.74) is 8.59. The zero-order chi connectivity index (χ0) is 16.6. The number of allylic oxidation sites excluding steroid dienone is 2.